The second-order valence-corrected chi connectivity index (χ2v) is 6.12. The second-order valence-electron chi connectivity index (χ2n) is 6.12. The summed E-state index contributed by atoms with van der Waals surface area (Å²) in [7, 11) is 0. The number of hydrogen-bond acceptors (Lipinski definition) is 5. The highest BCUT2D eigenvalue weighted by Crippen LogP contribution is 2.31. The van der Waals surface area contributed by atoms with Gasteiger partial charge in [-0.15, -0.1) is 0 Å². The molecule has 6 nitrogen and oxygen atoms in total. The van der Waals surface area contributed by atoms with E-state index in [4.69, 9.17) is 0 Å². The van der Waals surface area contributed by atoms with Crippen LogP contribution in [0.2, 0.25) is 0 Å². The first kappa shape index (κ1) is 17.1. The zero-order valence-electron chi connectivity index (χ0n) is 14.7. The van der Waals surface area contributed by atoms with E-state index in [2.05, 4.69) is 15.1 Å². The molecule has 27 heavy (non-hydrogen) atoms. The summed E-state index contributed by atoms with van der Waals surface area (Å²) >= 11 is 0. The number of nitrogens with zero attached hydrogens (tertiary/aromatic N) is 6. The first-order valence-corrected chi connectivity index (χ1v) is 8.63. The van der Waals surface area contributed by atoms with E-state index in [1.807, 2.05) is 42.3 Å². The Labute approximate surface area is 155 Å². The Bertz CT molecular complexity index is 959. The van der Waals surface area contributed by atoms with Gasteiger partial charge in [0.05, 0.1) is 23.3 Å². The summed E-state index contributed by atoms with van der Waals surface area (Å²) in [4.78, 5) is 10.6. The summed E-state index contributed by atoms with van der Waals surface area (Å²) < 4.78 is 27.6. The van der Waals surface area contributed by atoms with Crippen LogP contribution in [0.3, 0.4) is 0 Å². The Kier molecular flexibility index (Phi) is 4.53. The fourth-order valence-corrected chi connectivity index (χ4v) is 3.24. The summed E-state index contributed by atoms with van der Waals surface area (Å²) in [6.45, 7) is 2.40. The number of hydrogen-bond donors (Lipinski definition) is 0. The van der Waals surface area contributed by atoms with Crippen molar-refractivity contribution in [2.24, 2.45) is 5.10 Å². The standard InChI is InChI=1S/C19H18F2N6/c1-2-14-6-3-4-10-27(14)23-12-16-19-15(26(21)13-22-19)9-11-25(16)18-8-5-7-17(20)24-18/h2-8,10,12-13,16H,9,11H2,1H3/b14-2-,23-12+/t16-/m0/s1. The third kappa shape index (κ3) is 3.25. The van der Waals surface area contributed by atoms with E-state index in [0.717, 1.165) is 12.0 Å². The highest BCUT2D eigenvalue weighted by Gasteiger charge is 2.31. The molecule has 138 valence electrons. The van der Waals surface area contributed by atoms with Crippen LogP contribution < -0.4 is 4.90 Å². The lowest BCUT2D eigenvalue weighted by Crippen LogP contribution is -2.38. The number of hydrazone groups is 1. The number of allylic oxidation sites excluding steroid dienone is 4. The van der Waals surface area contributed by atoms with E-state index in [0.29, 0.717) is 35.0 Å². The SMILES string of the molecule is C/C=C1/C=CC=CN1/N=C/[C@H]1c2ncn(F)c2CCN1c1cccc(F)n1. The normalized spacial score (nSPS) is 20.7. The molecule has 0 radical (unpaired) electrons. The molecule has 0 saturated heterocycles. The first-order valence-electron chi connectivity index (χ1n) is 8.63. The lowest BCUT2D eigenvalue weighted by Gasteiger charge is -2.34. The van der Waals surface area contributed by atoms with Gasteiger partial charge >= 0.3 is 0 Å². The predicted octanol–water partition coefficient (Wildman–Crippen LogP) is 3.53. The molecule has 2 aromatic rings. The van der Waals surface area contributed by atoms with Crippen LogP contribution >= 0.6 is 0 Å². The van der Waals surface area contributed by atoms with Gasteiger partial charge in [0.2, 0.25) is 5.95 Å². The summed E-state index contributed by atoms with van der Waals surface area (Å²) in [5, 5.41) is 6.25. The molecule has 0 spiro atoms. The molecule has 0 amide bonds. The maximum atomic E-state index is 14.0. The zero-order chi connectivity index (χ0) is 18.8. The van der Waals surface area contributed by atoms with Crippen molar-refractivity contribution in [1.29, 1.82) is 0 Å². The van der Waals surface area contributed by atoms with Crippen LogP contribution in [-0.2, 0) is 6.42 Å². The van der Waals surface area contributed by atoms with Gasteiger partial charge in [0, 0.05) is 19.2 Å². The molecule has 2 aliphatic rings. The van der Waals surface area contributed by atoms with Crippen molar-refractivity contribution < 1.29 is 8.87 Å². The van der Waals surface area contributed by atoms with Crippen LogP contribution in [0.5, 0.6) is 0 Å². The third-order valence-electron chi connectivity index (χ3n) is 4.55. The fraction of sp³-hybridized carbons (Fsp3) is 0.211. The molecule has 0 bridgehead atoms. The third-order valence-corrected chi connectivity index (χ3v) is 4.55. The number of anilines is 1. The predicted molar refractivity (Wildman–Crippen MR) is 99.1 cm³/mol. The summed E-state index contributed by atoms with van der Waals surface area (Å²) in [5.41, 5.74) is 1.97. The maximum absolute atomic E-state index is 14.0. The van der Waals surface area contributed by atoms with E-state index in [1.165, 1.54) is 6.07 Å². The smallest absolute Gasteiger partial charge is 0.214 e. The minimum absolute atomic E-state index is 0.445. The van der Waals surface area contributed by atoms with E-state index >= 15 is 0 Å². The summed E-state index contributed by atoms with van der Waals surface area (Å²) in [5.74, 6) is -0.101. The molecule has 0 fully saturated rings. The van der Waals surface area contributed by atoms with Gasteiger partial charge < -0.3 is 4.90 Å². The largest absolute Gasteiger partial charge is 0.342 e. The summed E-state index contributed by atoms with van der Waals surface area (Å²) in [6.07, 6.45) is 12.8. The highest BCUT2D eigenvalue weighted by atomic mass is 19.2. The van der Waals surface area contributed by atoms with Crippen LogP contribution in [0.4, 0.5) is 14.7 Å². The van der Waals surface area contributed by atoms with Gasteiger partial charge in [0.25, 0.3) is 0 Å². The molecular formula is C19H18F2N6. The zero-order valence-corrected chi connectivity index (χ0v) is 14.7. The summed E-state index contributed by atoms with van der Waals surface area (Å²) in [6, 6.07) is 4.16. The molecule has 0 aliphatic carbocycles. The molecule has 2 aromatic heterocycles. The van der Waals surface area contributed by atoms with Crippen LogP contribution in [0.25, 0.3) is 0 Å². The van der Waals surface area contributed by atoms with Gasteiger partial charge in [-0.1, -0.05) is 22.7 Å². The first-order chi connectivity index (χ1) is 13.2. The lowest BCUT2D eigenvalue weighted by molar-refractivity contribution is 0.349. The minimum atomic E-state index is -0.565. The molecule has 4 rings (SSSR count). The van der Waals surface area contributed by atoms with Gasteiger partial charge in [-0.05, 0) is 31.2 Å². The number of aromatic nitrogens is 3. The number of rotatable bonds is 3. The molecule has 2 aliphatic heterocycles. The van der Waals surface area contributed by atoms with Crippen molar-refractivity contribution in [1.82, 2.24) is 19.8 Å². The molecule has 1 atom stereocenters. The molecule has 0 N–H and O–H groups in total. The molecule has 0 unspecified atom stereocenters. The lowest BCUT2D eigenvalue weighted by atomic mass is 10.0. The minimum Gasteiger partial charge on any atom is -0.342 e. The second kappa shape index (κ2) is 7.14. The average Bonchev–Trinajstić information content (AvgIpc) is 3.07. The van der Waals surface area contributed by atoms with Gasteiger partial charge in [0.15, 0.2) is 0 Å². The van der Waals surface area contributed by atoms with Gasteiger partial charge in [-0.25, -0.2) is 15.0 Å². The number of halogens is 2. The van der Waals surface area contributed by atoms with Gasteiger partial charge in [-0.2, -0.15) is 14.3 Å². The number of pyridine rings is 1. The van der Waals surface area contributed by atoms with Gasteiger partial charge in [-0.3, -0.25) is 0 Å². The Morgan fingerprint density at radius 1 is 1.30 bits per heavy atom. The van der Waals surface area contributed by atoms with Gasteiger partial charge in [0.1, 0.15) is 18.2 Å². The van der Waals surface area contributed by atoms with E-state index in [-0.39, 0.29) is 0 Å². The monoisotopic (exact) mass is 368 g/mol. The van der Waals surface area contributed by atoms with Crippen LogP contribution in [0.15, 0.2) is 65.8 Å². The van der Waals surface area contributed by atoms with E-state index in [9.17, 15) is 8.87 Å². The van der Waals surface area contributed by atoms with Crippen molar-refractivity contribution in [3.8, 4) is 0 Å². The quantitative estimate of drug-likeness (QED) is 0.614. The number of imidazole rings is 1. The fourth-order valence-electron chi connectivity index (χ4n) is 3.24. The average molecular weight is 368 g/mol. The highest BCUT2D eigenvalue weighted by molar-refractivity contribution is 5.73. The van der Waals surface area contributed by atoms with E-state index < -0.39 is 12.0 Å². The van der Waals surface area contributed by atoms with Crippen molar-refractivity contribution >= 4 is 12.0 Å². The van der Waals surface area contributed by atoms with Crippen molar-refractivity contribution in [2.45, 2.75) is 19.4 Å². The maximum Gasteiger partial charge on any atom is 0.214 e. The molecule has 4 heterocycles. The number of fused-ring (bicyclic) bond motifs is 1. The molecule has 0 aromatic carbocycles. The Morgan fingerprint density at radius 3 is 3.00 bits per heavy atom. The van der Waals surface area contributed by atoms with Crippen molar-refractivity contribution in [3.63, 3.8) is 0 Å². The molecule has 8 heteroatoms. The Hall–Kier alpha value is -3.29. The Morgan fingerprint density at radius 2 is 2.19 bits per heavy atom. The van der Waals surface area contributed by atoms with Crippen LogP contribution in [0, 0.1) is 5.95 Å². The van der Waals surface area contributed by atoms with E-state index in [1.54, 1.807) is 23.4 Å². The van der Waals surface area contributed by atoms with Crippen molar-refractivity contribution in [3.05, 3.63) is 78.1 Å². The molecule has 0 saturated carbocycles. The van der Waals surface area contributed by atoms with Crippen LogP contribution in [0.1, 0.15) is 24.4 Å². The van der Waals surface area contributed by atoms with Crippen molar-refractivity contribution in [2.75, 3.05) is 11.4 Å². The van der Waals surface area contributed by atoms with Crippen LogP contribution in [-0.4, -0.2) is 32.5 Å². The molecular weight excluding hydrogens is 350 g/mol. The topological polar surface area (TPSA) is 49.6 Å². The Balaban J connectivity index is 1.71.